The molecule has 0 radical (unpaired) electrons. The quantitative estimate of drug-likeness (QED) is 0.194. The molecule has 12 heteroatoms. The Balaban J connectivity index is 1.40. The summed E-state index contributed by atoms with van der Waals surface area (Å²) in [5.74, 6) is -1.78. The number of aliphatic hydroxyl groups is 1. The molecule has 45 heavy (non-hydrogen) atoms. The summed E-state index contributed by atoms with van der Waals surface area (Å²) in [6.45, 7) is 10.3. The number of esters is 3. The summed E-state index contributed by atoms with van der Waals surface area (Å²) >= 11 is 0. The van der Waals surface area contributed by atoms with Crippen molar-refractivity contribution in [1.29, 1.82) is 0 Å². The monoisotopic (exact) mass is 627 g/mol. The minimum absolute atomic E-state index is 0.000632. The van der Waals surface area contributed by atoms with Crippen LogP contribution < -0.4 is 9.47 Å². The van der Waals surface area contributed by atoms with E-state index in [1.807, 2.05) is 13.1 Å². The van der Waals surface area contributed by atoms with E-state index < -0.39 is 59.0 Å². The largest absolute Gasteiger partial charge is 0.514 e. The Morgan fingerprint density at radius 1 is 1.11 bits per heavy atom. The molecule has 12 nitrogen and oxygen atoms in total. The molecule has 0 aromatic heterocycles. The maximum atomic E-state index is 13.2. The molecule has 2 aliphatic carbocycles. The summed E-state index contributed by atoms with van der Waals surface area (Å²) < 4.78 is 33.6. The standard InChI is InChI=1S/C33H41NO11/c1-8-9-10-24(35)40-18(2)28(36)41-19(3)29(37)42-22-13-14-33(39)23-17-20-11-12-21(43-30(38)45-31(4,5)6)26-25(20)32(33,27(22)44-26)15-16-34(23)7/h8-9,11-13,18-19,23,27,39H,10,14-17H2,1-7H3/b9-8-/t18-,19-,23+,27-,32-,33+/m0/s1. The number of ether oxygens (including phenoxy) is 6. The summed E-state index contributed by atoms with van der Waals surface area (Å²) in [4.78, 5) is 52.4. The van der Waals surface area contributed by atoms with E-state index in [2.05, 4.69) is 4.90 Å². The fourth-order valence-corrected chi connectivity index (χ4v) is 6.89. The first-order valence-corrected chi connectivity index (χ1v) is 15.2. The van der Waals surface area contributed by atoms with Crippen LogP contribution in [0.25, 0.3) is 0 Å². The number of carbonyl (C=O) groups excluding carboxylic acids is 4. The Kier molecular flexibility index (Phi) is 8.52. The van der Waals surface area contributed by atoms with Crippen molar-refractivity contribution < 1.29 is 52.7 Å². The zero-order valence-corrected chi connectivity index (χ0v) is 26.7. The molecule has 4 aliphatic rings. The number of hydrogen-bond acceptors (Lipinski definition) is 12. The van der Waals surface area contributed by atoms with Crippen molar-refractivity contribution in [3.63, 3.8) is 0 Å². The van der Waals surface area contributed by atoms with Gasteiger partial charge in [-0.3, -0.25) is 4.79 Å². The fraction of sp³-hybridized carbons (Fsp3) is 0.576. The molecule has 2 heterocycles. The number of likely N-dealkylation sites (N-methyl/N-ethyl adjacent to an activating group) is 1. The van der Waals surface area contributed by atoms with Crippen LogP contribution in [0.2, 0.25) is 0 Å². The summed E-state index contributed by atoms with van der Waals surface area (Å²) in [7, 11) is 1.97. The summed E-state index contributed by atoms with van der Waals surface area (Å²) in [6, 6.07) is 3.28. The van der Waals surface area contributed by atoms with Crippen LogP contribution in [0.4, 0.5) is 4.79 Å². The highest BCUT2D eigenvalue weighted by atomic mass is 16.7. The van der Waals surface area contributed by atoms with Crippen molar-refractivity contribution in [3.8, 4) is 11.5 Å². The molecule has 1 N–H and O–H groups in total. The third kappa shape index (κ3) is 5.69. The van der Waals surface area contributed by atoms with E-state index in [1.54, 1.807) is 52.0 Å². The van der Waals surface area contributed by atoms with Crippen LogP contribution in [-0.4, -0.2) is 83.2 Å². The smallest absolute Gasteiger partial charge is 0.477 e. The van der Waals surface area contributed by atoms with Gasteiger partial charge in [-0.05, 0) is 85.7 Å². The molecule has 1 fully saturated rings. The molecule has 0 saturated carbocycles. The van der Waals surface area contributed by atoms with Crippen LogP contribution >= 0.6 is 0 Å². The van der Waals surface area contributed by atoms with Gasteiger partial charge < -0.3 is 38.4 Å². The van der Waals surface area contributed by atoms with E-state index in [0.29, 0.717) is 25.1 Å². The van der Waals surface area contributed by atoms with Gasteiger partial charge in [0.1, 0.15) is 11.4 Å². The van der Waals surface area contributed by atoms with Gasteiger partial charge in [0.25, 0.3) is 0 Å². The van der Waals surface area contributed by atoms with Gasteiger partial charge >= 0.3 is 24.1 Å². The zero-order valence-electron chi connectivity index (χ0n) is 26.7. The molecule has 6 atom stereocenters. The van der Waals surface area contributed by atoms with Gasteiger partial charge in [-0.25, -0.2) is 14.4 Å². The van der Waals surface area contributed by atoms with Gasteiger partial charge in [0, 0.05) is 18.0 Å². The lowest BCUT2D eigenvalue weighted by Crippen LogP contribution is -2.74. The third-order valence-electron chi connectivity index (χ3n) is 8.92. The van der Waals surface area contributed by atoms with Crippen molar-refractivity contribution in [2.45, 2.75) is 108 Å². The Hall–Kier alpha value is -3.90. The van der Waals surface area contributed by atoms with Crippen LogP contribution in [0, 0.1) is 0 Å². The molecule has 0 unspecified atom stereocenters. The lowest BCUT2D eigenvalue weighted by molar-refractivity contribution is -0.180. The van der Waals surface area contributed by atoms with Gasteiger partial charge in [0.2, 0.25) is 0 Å². The fourth-order valence-electron chi connectivity index (χ4n) is 6.89. The number of carbonyl (C=O) groups is 4. The SMILES string of the molecule is C/C=C\CC(=O)O[C@@H](C)C(=O)O[C@@H](C)C(=O)OC1=CC[C@@]2(O)[C@H]3Cc4ccc(OC(=O)OC(C)(C)C)c5c4[C@@]2(CCN3C)[C@H]1O5. The van der Waals surface area contributed by atoms with Crippen molar-refractivity contribution in [1.82, 2.24) is 4.90 Å². The molecule has 244 valence electrons. The Bertz CT molecular complexity index is 1460. The number of benzene rings is 1. The summed E-state index contributed by atoms with van der Waals surface area (Å²) in [6.07, 6.45) is 1.72. The predicted molar refractivity (Wildman–Crippen MR) is 158 cm³/mol. The highest BCUT2D eigenvalue weighted by Gasteiger charge is 2.72. The van der Waals surface area contributed by atoms with Crippen molar-refractivity contribution in [2.75, 3.05) is 13.6 Å². The maximum Gasteiger partial charge on any atom is 0.514 e. The highest BCUT2D eigenvalue weighted by molar-refractivity contribution is 5.83. The van der Waals surface area contributed by atoms with Gasteiger partial charge in [-0.1, -0.05) is 18.2 Å². The highest BCUT2D eigenvalue weighted by Crippen LogP contribution is 2.65. The first kappa shape index (κ1) is 32.5. The second kappa shape index (κ2) is 11.8. The van der Waals surface area contributed by atoms with Gasteiger partial charge in [0.05, 0.1) is 17.4 Å². The second-order valence-electron chi connectivity index (χ2n) is 13.1. The van der Waals surface area contributed by atoms with Crippen molar-refractivity contribution in [3.05, 3.63) is 47.2 Å². The van der Waals surface area contributed by atoms with Crippen LogP contribution in [0.3, 0.4) is 0 Å². The second-order valence-corrected chi connectivity index (χ2v) is 13.1. The number of likely N-dealkylation sites (tertiary alicyclic amines) is 1. The Labute approximate surface area is 262 Å². The third-order valence-corrected chi connectivity index (χ3v) is 8.92. The lowest BCUT2D eigenvalue weighted by Gasteiger charge is -2.61. The van der Waals surface area contributed by atoms with E-state index in [9.17, 15) is 24.3 Å². The molecule has 1 aromatic carbocycles. The Morgan fingerprint density at radius 3 is 2.51 bits per heavy atom. The first-order chi connectivity index (χ1) is 21.1. The lowest BCUT2D eigenvalue weighted by atomic mass is 9.50. The minimum Gasteiger partial charge on any atom is -0.477 e. The van der Waals surface area contributed by atoms with E-state index >= 15 is 0 Å². The van der Waals surface area contributed by atoms with E-state index in [0.717, 1.165) is 11.1 Å². The molecular weight excluding hydrogens is 586 g/mol. The molecule has 5 rings (SSSR count). The maximum absolute atomic E-state index is 13.2. The van der Waals surface area contributed by atoms with Crippen LogP contribution in [0.15, 0.2) is 36.1 Å². The van der Waals surface area contributed by atoms with Gasteiger partial charge in [-0.15, -0.1) is 0 Å². The van der Waals surface area contributed by atoms with Crippen LogP contribution in [-0.2, 0) is 45.2 Å². The van der Waals surface area contributed by atoms with Gasteiger partial charge in [-0.2, -0.15) is 0 Å². The van der Waals surface area contributed by atoms with E-state index in [-0.39, 0.29) is 30.4 Å². The topological polar surface area (TPSA) is 147 Å². The number of hydrogen-bond donors (Lipinski definition) is 1. The van der Waals surface area contributed by atoms with Crippen LogP contribution in [0.5, 0.6) is 11.5 Å². The molecular formula is C33H41NO11. The number of piperidine rings is 1. The molecule has 1 spiro atoms. The van der Waals surface area contributed by atoms with Crippen molar-refractivity contribution >= 4 is 24.1 Å². The molecule has 0 amide bonds. The molecule has 2 bridgehead atoms. The van der Waals surface area contributed by atoms with Crippen LogP contribution in [0.1, 0.15) is 71.9 Å². The minimum atomic E-state index is -1.34. The number of allylic oxidation sites excluding steroid dienone is 1. The molecule has 1 aromatic rings. The molecule has 1 saturated heterocycles. The summed E-state index contributed by atoms with van der Waals surface area (Å²) in [5.41, 5.74) is -1.38. The molecule has 2 aliphatic heterocycles. The van der Waals surface area contributed by atoms with E-state index in [4.69, 9.17) is 28.4 Å². The number of rotatable bonds is 8. The Morgan fingerprint density at radius 2 is 1.82 bits per heavy atom. The zero-order chi connectivity index (χ0) is 32.9. The first-order valence-electron chi connectivity index (χ1n) is 15.2. The van der Waals surface area contributed by atoms with E-state index in [1.165, 1.54) is 13.8 Å². The predicted octanol–water partition coefficient (Wildman–Crippen LogP) is 3.65. The normalized spacial score (nSPS) is 27.8. The average molecular weight is 628 g/mol. The summed E-state index contributed by atoms with van der Waals surface area (Å²) in [5, 5.41) is 12.4. The van der Waals surface area contributed by atoms with Crippen molar-refractivity contribution in [2.24, 2.45) is 0 Å². The number of nitrogens with zero attached hydrogens (tertiary/aromatic N) is 1. The van der Waals surface area contributed by atoms with Gasteiger partial charge in [0.15, 0.2) is 29.8 Å². The average Bonchev–Trinajstić information content (AvgIpc) is 3.31.